The summed E-state index contributed by atoms with van der Waals surface area (Å²) in [6, 6.07) is 8.22. The monoisotopic (exact) mass is 519 g/mol. The van der Waals surface area contributed by atoms with Crippen LogP contribution in [0.15, 0.2) is 54.4 Å². The van der Waals surface area contributed by atoms with E-state index < -0.39 is 11.4 Å². The number of ether oxygens (including phenoxy) is 3. The number of nitrogens with zero attached hydrogens (tertiary/aromatic N) is 1. The quantitative estimate of drug-likeness (QED) is 0.367. The van der Waals surface area contributed by atoms with E-state index in [1.807, 2.05) is 52.8 Å². The number of benzene rings is 1. The van der Waals surface area contributed by atoms with Crippen molar-refractivity contribution in [3.05, 3.63) is 71.2 Å². The van der Waals surface area contributed by atoms with Gasteiger partial charge in [0, 0.05) is 29.2 Å². The molecule has 2 aliphatic carbocycles. The molecule has 5 nitrogen and oxygen atoms in total. The largest absolute Gasteiger partial charge is 0.460 e. The minimum Gasteiger partial charge on any atom is -0.460 e. The number of allylic oxidation sites excluding steroid dienone is 4. The molecular formula is C32H38FNO4. The van der Waals surface area contributed by atoms with E-state index in [4.69, 9.17) is 19.2 Å². The molecule has 1 saturated heterocycles. The normalized spacial score (nSPS) is 25.5. The fraction of sp³-hybridized carbons (Fsp3) is 0.500. The lowest BCUT2D eigenvalue weighted by atomic mass is 9.84. The first kappa shape index (κ1) is 26.8. The SMILES string of the molecule is CC(C)(C)OC(=O)C[C@H]1C[C@@H](/C=C/c2c(C3CC3)nc3ccccc3c2C2C=CC(F)=CC2)OC(C)(C)O1. The number of hydrogen-bond donors (Lipinski definition) is 0. The molecular weight excluding hydrogens is 481 g/mol. The standard InChI is InChI=1S/C32H38FNO4/c1-31(2,3)38-28(35)19-24-18-23(36-32(4,5)37-24)16-17-26-29(20-12-14-22(33)15-13-20)25-8-6-7-9-27(25)34-30(26)21-10-11-21/h6-9,12,14-17,20-21,23-24H,10-11,13,18-19H2,1-5H3/b17-16+/t20?,23-,24-/m1/s1. The molecule has 1 aliphatic heterocycles. The molecule has 6 heteroatoms. The number of para-hydroxylation sites is 1. The van der Waals surface area contributed by atoms with Crippen LogP contribution < -0.4 is 0 Å². The Morgan fingerprint density at radius 3 is 2.66 bits per heavy atom. The zero-order valence-electron chi connectivity index (χ0n) is 23.0. The highest BCUT2D eigenvalue weighted by atomic mass is 19.1. The van der Waals surface area contributed by atoms with Gasteiger partial charge in [-0.2, -0.15) is 0 Å². The molecule has 2 heterocycles. The number of esters is 1. The summed E-state index contributed by atoms with van der Waals surface area (Å²) >= 11 is 0. The first-order valence-electron chi connectivity index (χ1n) is 13.7. The first-order chi connectivity index (χ1) is 18.0. The molecule has 0 radical (unpaired) electrons. The van der Waals surface area contributed by atoms with Gasteiger partial charge >= 0.3 is 5.97 Å². The van der Waals surface area contributed by atoms with Crippen molar-refractivity contribution < 1.29 is 23.4 Å². The highest BCUT2D eigenvalue weighted by molar-refractivity contribution is 5.87. The van der Waals surface area contributed by atoms with Gasteiger partial charge in [0.15, 0.2) is 5.79 Å². The van der Waals surface area contributed by atoms with E-state index in [-0.39, 0.29) is 36.3 Å². The number of carbonyl (C=O) groups is 1. The van der Waals surface area contributed by atoms with Crippen LogP contribution in [-0.4, -0.2) is 34.5 Å². The Bertz CT molecular complexity index is 1300. The molecule has 3 aliphatic rings. The maximum absolute atomic E-state index is 13.9. The van der Waals surface area contributed by atoms with Crippen molar-refractivity contribution in [1.82, 2.24) is 4.98 Å². The third-order valence-electron chi connectivity index (χ3n) is 7.06. The van der Waals surface area contributed by atoms with E-state index in [0.29, 0.717) is 18.8 Å². The van der Waals surface area contributed by atoms with Gasteiger partial charge in [-0.1, -0.05) is 36.4 Å². The molecule has 3 atom stereocenters. The summed E-state index contributed by atoms with van der Waals surface area (Å²) in [6.45, 7) is 9.35. The van der Waals surface area contributed by atoms with Gasteiger partial charge in [-0.3, -0.25) is 9.78 Å². The Hall–Kier alpha value is -2.83. The fourth-order valence-corrected chi connectivity index (χ4v) is 5.49. The average Bonchev–Trinajstić information content (AvgIpc) is 3.66. The summed E-state index contributed by atoms with van der Waals surface area (Å²) in [5.74, 6) is -0.799. The number of halogens is 1. The van der Waals surface area contributed by atoms with Crippen LogP contribution in [-0.2, 0) is 19.0 Å². The lowest BCUT2D eigenvalue weighted by Gasteiger charge is -2.39. The van der Waals surface area contributed by atoms with Gasteiger partial charge in [0.2, 0.25) is 0 Å². The van der Waals surface area contributed by atoms with E-state index in [2.05, 4.69) is 24.3 Å². The van der Waals surface area contributed by atoms with Crippen molar-refractivity contribution in [1.29, 1.82) is 0 Å². The van der Waals surface area contributed by atoms with Crippen LogP contribution in [0, 0.1) is 0 Å². The number of pyridine rings is 1. The van der Waals surface area contributed by atoms with Crippen molar-refractivity contribution in [3.8, 4) is 0 Å². The van der Waals surface area contributed by atoms with E-state index in [0.717, 1.165) is 35.0 Å². The number of fused-ring (bicyclic) bond motifs is 1. The van der Waals surface area contributed by atoms with E-state index in [9.17, 15) is 9.18 Å². The maximum atomic E-state index is 13.9. The Morgan fingerprint density at radius 2 is 1.97 bits per heavy atom. The van der Waals surface area contributed by atoms with Crippen molar-refractivity contribution >= 4 is 22.9 Å². The van der Waals surface area contributed by atoms with E-state index >= 15 is 0 Å². The summed E-state index contributed by atoms with van der Waals surface area (Å²) in [5, 5.41) is 1.10. The maximum Gasteiger partial charge on any atom is 0.308 e. The molecule has 1 aromatic carbocycles. The summed E-state index contributed by atoms with van der Waals surface area (Å²) in [6.07, 6.45) is 12.5. The summed E-state index contributed by atoms with van der Waals surface area (Å²) in [5.41, 5.74) is 3.83. The van der Waals surface area contributed by atoms with Gasteiger partial charge in [-0.15, -0.1) is 0 Å². The molecule has 1 saturated carbocycles. The predicted molar refractivity (Wildman–Crippen MR) is 147 cm³/mol. The van der Waals surface area contributed by atoms with Gasteiger partial charge in [0.05, 0.1) is 29.8 Å². The van der Waals surface area contributed by atoms with Crippen molar-refractivity contribution in [3.63, 3.8) is 0 Å². The van der Waals surface area contributed by atoms with Gasteiger partial charge in [0.1, 0.15) is 11.4 Å². The second-order valence-corrected chi connectivity index (χ2v) is 12.1. The fourth-order valence-electron chi connectivity index (χ4n) is 5.49. The molecule has 202 valence electrons. The molecule has 5 rings (SSSR count). The minimum absolute atomic E-state index is 0.0616. The molecule has 1 aromatic heterocycles. The highest BCUT2D eigenvalue weighted by Crippen LogP contribution is 2.45. The van der Waals surface area contributed by atoms with Gasteiger partial charge in [0.25, 0.3) is 0 Å². The van der Waals surface area contributed by atoms with Gasteiger partial charge in [-0.05, 0) is 77.7 Å². The number of rotatable bonds is 6. The van der Waals surface area contributed by atoms with Crippen LogP contribution in [0.4, 0.5) is 4.39 Å². The van der Waals surface area contributed by atoms with Crippen LogP contribution >= 0.6 is 0 Å². The second kappa shape index (κ2) is 10.4. The smallest absolute Gasteiger partial charge is 0.308 e. The molecule has 0 N–H and O–H groups in total. The lowest BCUT2D eigenvalue weighted by molar-refractivity contribution is -0.290. The summed E-state index contributed by atoms with van der Waals surface area (Å²) in [7, 11) is 0. The summed E-state index contributed by atoms with van der Waals surface area (Å²) in [4.78, 5) is 17.6. The number of aromatic nitrogens is 1. The Balaban J connectivity index is 1.48. The average molecular weight is 520 g/mol. The third kappa shape index (κ3) is 6.41. The van der Waals surface area contributed by atoms with Crippen molar-refractivity contribution in [2.24, 2.45) is 0 Å². The predicted octanol–water partition coefficient (Wildman–Crippen LogP) is 7.66. The highest BCUT2D eigenvalue weighted by Gasteiger charge is 2.37. The molecule has 2 aromatic rings. The first-order valence-corrected chi connectivity index (χ1v) is 13.7. The topological polar surface area (TPSA) is 57.7 Å². The molecule has 38 heavy (non-hydrogen) atoms. The van der Waals surface area contributed by atoms with Gasteiger partial charge in [-0.25, -0.2) is 4.39 Å². The minimum atomic E-state index is -0.835. The van der Waals surface area contributed by atoms with Crippen LogP contribution in [0.1, 0.15) is 95.4 Å². The Morgan fingerprint density at radius 1 is 1.21 bits per heavy atom. The second-order valence-electron chi connectivity index (χ2n) is 12.1. The molecule has 0 spiro atoms. The van der Waals surface area contributed by atoms with Crippen LogP contribution in [0.2, 0.25) is 0 Å². The van der Waals surface area contributed by atoms with Crippen LogP contribution in [0.5, 0.6) is 0 Å². The Labute approximate surface area is 224 Å². The van der Waals surface area contributed by atoms with Gasteiger partial charge < -0.3 is 14.2 Å². The molecule has 0 bridgehead atoms. The molecule has 0 amide bonds. The zero-order valence-corrected chi connectivity index (χ0v) is 23.0. The zero-order chi connectivity index (χ0) is 27.1. The molecule has 1 unspecified atom stereocenters. The van der Waals surface area contributed by atoms with E-state index in [1.165, 1.54) is 5.56 Å². The van der Waals surface area contributed by atoms with Crippen molar-refractivity contribution in [2.45, 2.75) is 102 Å². The Kier molecular flexibility index (Phi) is 7.31. The molecule has 2 fully saturated rings. The van der Waals surface area contributed by atoms with Crippen LogP contribution in [0.25, 0.3) is 17.0 Å². The third-order valence-corrected chi connectivity index (χ3v) is 7.06. The number of carbonyl (C=O) groups excluding carboxylic acids is 1. The summed E-state index contributed by atoms with van der Waals surface area (Å²) < 4.78 is 31.7. The van der Waals surface area contributed by atoms with Crippen molar-refractivity contribution in [2.75, 3.05) is 0 Å². The van der Waals surface area contributed by atoms with E-state index in [1.54, 1.807) is 12.2 Å². The van der Waals surface area contributed by atoms with Crippen LogP contribution in [0.3, 0.4) is 0 Å². The lowest BCUT2D eigenvalue weighted by Crippen LogP contribution is -2.45. The number of hydrogen-bond acceptors (Lipinski definition) is 5.